The van der Waals surface area contributed by atoms with E-state index in [0.29, 0.717) is 31.2 Å². The highest BCUT2D eigenvalue weighted by molar-refractivity contribution is 7.99. The van der Waals surface area contributed by atoms with E-state index in [9.17, 15) is 9.59 Å². The van der Waals surface area contributed by atoms with E-state index in [-0.39, 0.29) is 11.9 Å². The van der Waals surface area contributed by atoms with Crippen LogP contribution in [0.25, 0.3) is 0 Å². The van der Waals surface area contributed by atoms with Gasteiger partial charge in [-0.3, -0.25) is 4.79 Å². The summed E-state index contributed by atoms with van der Waals surface area (Å²) in [4.78, 5) is 25.1. The van der Waals surface area contributed by atoms with E-state index in [1.165, 1.54) is 5.56 Å². The number of carbonyl (C=O) groups excluding carboxylic acids is 1. The molecule has 1 aromatic carbocycles. The van der Waals surface area contributed by atoms with Crippen molar-refractivity contribution in [2.75, 3.05) is 31.6 Å². The van der Waals surface area contributed by atoms with Gasteiger partial charge in [0.1, 0.15) is 0 Å². The van der Waals surface area contributed by atoms with E-state index in [2.05, 4.69) is 11.4 Å². The molecule has 0 unspecified atom stereocenters. The zero-order valence-electron chi connectivity index (χ0n) is 14.9. The van der Waals surface area contributed by atoms with Crippen molar-refractivity contribution in [2.24, 2.45) is 5.92 Å². The van der Waals surface area contributed by atoms with Crippen molar-refractivity contribution >= 4 is 29.4 Å². The van der Waals surface area contributed by atoms with Crippen LogP contribution in [0.3, 0.4) is 0 Å². The predicted octanol–water partition coefficient (Wildman–Crippen LogP) is 3.43. The molecule has 2 N–H and O–H groups in total. The first kappa shape index (κ1) is 19.0. The summed E-state index contributed by atoms with van der Waals surface area (Å²) in [5.74, 6) is -0.164. The van der Waals surface area contributed by atoms with Crippen molar-refractivity contribution in [3.05, 3.63) is 29.8 Å². The van der Waals surface area contributed by atoms with Crippen LogP contribution < -0.4 is 5.32 Å². The Hall–Kier alpha value is -1.73. The van der Waals surface area contributed by atoms with E-state index in [0.717, 1.165) is 37.5 Å². The molecule has 2 saturated heterocycles. The Balaban J connectivity index is 1.48. The Morgan fingerprint density at radius 3 is 2.62 bits per heavy atom. The maximum absolute atomic E-state index is 12.4. The average Bonchev–Trinajstić information content (AvgIpc) is 2.67. The van der Waals surface area contributed by atoms with Gasteiger partial charge in [-0.15, -0.1) is 0 Å². The van der Waals surface area contributed by atoms with Gasteiger partial charge in [-0.25, -0.2) is 4.79 Å². The summed E-state index contributed by atoms with van der Waals surface area (Å²) in [6.07, 6.45) is 3.25. The number of rotatable bonds is 5. The minimum atomic E-state index is -0.764. The van der Waals surface area contributed by atoms with E-state index < -0.39 is 5.97 Å². The lowest BCUT2D eigenvalue weighted by atomic mass is 9.97. The molecule has 3 rings (SSSR count). The minimum absolute atomic E-state index is 0.150. The smallest absolute Gasteiger partial charge is 0.321 e. The van der Waals surface area contributed by atoms with Crippen molar-refractivity contribution in [3.63, 3.8) is 0 Å². The Kier molecular flexibility index (Phi) is 6.80. The molecule has 7 heteroatoms. The highest BCUT2D eigenvalue weighted by Crippen LogP contribution is 2.26. The minimum Gasteiger partial charge on any atom is -0.481 e. The molecule has 6 nitrogen and oxygen atoms in total. The van der Waals surface area contributed by atoms with Crippen LogP contribution in [0.5, 0.6) is 0 Å². The number of likely N-dealkylation sites (tertiary alicyclic amines) is 1. The van der Waals surface area contributed by atoms with Gasteiger partial charge in [-0.05, 0) is 43.4 Å². The molecule has 2 heterocycles. The number of anilines is 1. The molecule has 0 radical (unpaired) electrons. The van der Waals surface area contributed by atoms with Gasteiger partial charge < -0.3 is 20.1 Å². The normalized spacial score (nSPS) is 19.3. The molecule has 0 aliphatic carbocycles. The van der Waals surface area contributed by atoms with E-state index in [1.807, 2.05) is 30.0 Å². The summed E-state index contributed by atoms with van der Waals surface area (Å²) in [7, 11) is 0. The maximum Gasteiger partial charge on any atom is 0.321 e. The molecule has 2 amide bonds. The molecule has 0 spiro atoms. The second-order valence-electron chi connectivity index (χ2n) is 6.85. The Bertz CT molecular complexity index is 626. The summed E-state index contributed by atoms with van der Waals surface area (Å²) >= 11 is 1.95. The summed E-state index contributed by atoms with van der Waals surface area (Å²) in [5, 5.41) is 12.6. The lowest BCUT2D eigenvalue weighted by Gasteiger charge is -2.30. The number of nitrogens with one attached hydrogen (secondary N) is 1. The van der Waals surface area contributed by atoms with Crippen LogP contribution in [0.2, 0.25) is 0 Å². The molecule has 2 fully saturated rings. The quantitative estimate of drug-likeness (QED) is 0.821. The van der Waals surface area contributed by atoms with Crippen LogP contribution in [0.1, 0.15) is 31.2 Å². The monoisotopic (exact) mass is 378 g/mol. The second-order valence-corrected chi connectivity index (χ2v) is 8.14. The maximum atomic E-state index is 12.4. The number of piperidine rings is 1. The fourth-order valence-electron chi connectivity index (χ4n) is 3.33. The predicted molar refractivity (Wildman–Crippen MR) is 103 cm³/mol. The molecule has 0 aromatic heterocycles. The van der Waals surface area contributed by atoms with Crippen molar-refractivity contribution in [1.82, 2.24) is 4.90 Å². The standard InChI is InChI=1S/C19H26N2O4S/c22-18(23)15-4-8-21(9-5-15)19(24)20-16-3-1-2-14(12-16)13-26-17-6-10-25-11-7-17/h1-3,12,15,17H,4-11,13H2,(H,20,24)(H,22,23). The zero-order chi connectivity index (χ0) is 18.4. The molecule has 0 bridgehead atoms. The average molecular weight is 378 g/mol. The van der Waals surface area contributed by atoms with Gasteiger partial charge in [0.2, 0.25) is 0 Å². The SMILES string of the molecule is O=C(O)C1CCN(C(=O)Nc2cccc(CSC3CCOCC3)c2)CC1. The van der Waals surface area contributed by atoms with Crippen molar-refractivity contribution in [3.8, 4) is 0 Å². The first-order valence-corrected chi connectivity index (χ1v) is 10.2. The van der Waals surface area contributed by atoms with Gasteiger partial charge in [-0.2, -0.15) is 11.8 Å². The molecular formula is C19H26N2O4S. The van der Waals surface area contributed by atoms with E-state index >= 15 is 0 Å². The number of urea groups is 1. The first-order valence-electron chi connectivity index (χ1n) is 9.19. The van der Waals surface area contributed by atoms with Gasteiger partial charge in [0.15, 0.2) is 0 Å². The fraction of sp³-hybridized carbons (Fsp3) is 0.579. The van der Waals surface area contributed by atoms with Crippen LogP contribution in [-0.4, -0.2) is 53.6 Å². The summed E-state index contributed by atoms with van der Waals surface area (Å²) in [6.45, 7) is 2.68. The highest BCUT2D eigenvalue weighted by Gasteiger charge is 2.27. The summed E-state index contributed by atoms with van der Waals surface area (Å²) in [6, 6.07) is 7.81. The van der Waals surface area contributed by atoms with Gasteiger partial charge in [0, 0.05) is 43.0 Å². The third-order valence-corrected chi connectivity index (χ3v) is 6.41. The third-order valence-electron chi connectivity index (χ3n) is 4.96. The number of hydrogen-bond acceptors (Lipinski definition) is 4. The van der Waals surface area contributed by atoms with Crippen LogP contribution >= 0.6 is 11.8 Å². The number of carbonyl (C=O) groups is 2. The fourth-order valence-corrected chi connectivity index (χ4v) is 4.46. The lowest BCUT2D eigenvalue weighted by molar-refractivity contribution is -0.143. The number of benzene rings is 1. The number of amides is 2. The zero-order valence-corrected chi connectivity index (χ0v) is 15.7. The van der Waals surface area contributed by atoms with Crippen LogP contribution in [0, 0.1) is 5.92 Å². The number of nitrogens with zero attached hydrogens (tertiary/aromatic N) is 1. The van der Waals surface area contributed by atoms with E-state index in [4.69, 9.17) is 9.84 Å². The van der Waals surface area contributed by atoms with Crippen molar-refractivity contribution in [2.45, 2.75) is 36.7 Å². The first-order chi connectivity index (χ1) is 12.6. The van der Waals surface area contributed by atoms with Gasteiger partial charge in [-0.1, -0.05) is 12.1 Å². The molecule has 0 saturated carbocycles. The summed E-state index contributed by atoms with van der Waals surface area (Å²) < 4.78 is 5.39. The van der Waals surface area contributed by atoms with E-state index in [1.54, 1.807) is 4.90 Å². The van der Waals surface area contributed by atoms with Gasteiger partial charge in [0.05, 0.1) is 5.92 Å². The molecule has 2 aliphatic rings. The molecule has 26 heavy (non-hydrogen) atoms. The topological polar surface area (TPSA) is 78.9 Å². The molecule has 0 atom stereocenters. The molecule has 2 aliphatic heterocycles. The number of hydrogen-bond donors (Lipinski definition) is 2. The Morgan fingerprint density at radius 2 is 1.92 bits per heavy atom. The second kappa shape index (κ2) is 9.28. The van der Waals surface area contributed by atoms with Crippen LogP contribution in [-0.2, 0) is 15.3 Å². The lowest BCUT2D eigenvalue weighted by Crippen LogP contribution is -2.42. The van der Waals surface area contributed by atoms with Crippen LogP contribution in [0.15, 0.2) is 24.3 Å². The number of ether oxygens (including phenoxy) is 1. The van der Waals surface area contributed by atoms with Gasteiger partial charge >= 0.3 is 12.0 Å². The van der Waals surface area contributed by atoms with Crippen LogP contribution in [0.4, 0.5) is 10.5 Å². The van der Waals surface area contributed by atoms with Crippen molar-refractivity contribution in [1.29, 1.82) is 0 Å². The summed E-state index contributed by atoms with van der Waals surface area (Å²) in [5.41, 5.74) is 1.99. The van der Waals surface area contributed by atoms with Gasteiger partial charge in [0.25, 0.3) is 0 Å². The molecule has 142 valence electrons. The Labute approximate surface area is 158 Å². The highest BCUT2D eigenvalue weighted by atomic mass is 32.2. The number of thioether (sulfide) groups is 1. The largest absolute Gasteiger partial charge is 0.481 e. The number of carboxylic acid groups (broad SMARTS) is 1. The number of carboxylic acids is 1. The third kappa shape index (κ3) is 5.38. The Morgan fingerprint density at radius 1 is 1.19 bits per heavy atom. The molecule has 1 aromatic rings. The van der Waals surface area contributed by atoms with Crippen molar-refractivity contribution < 1.29 is 19.4 Å². The number of aliphatic carboxylic acids is 1. The molecular weight excluding hydrogens is 352 g/mol.